The predicted molar refractivity (Wildman–Crippen MR) is 59.9 cm³/mol. The van der Waals surface area contributed by atoms with Gasteiger partial charge in [-0.1, -0.05) is 12.1 Å². The van der Waals surface area contributed by atoms with Crippen LogP contribution in [0.1, 0.15) is 18.4 Å². The van der Waals surface area contributed by atoms with Gasteiger partial charge in [0.15, 0.2) is 0 Å². The lowest BCUT2D eigenvalue weighted by Gasteiger charge is -2.05. The Hall–Kier alpha value is -1.57. The molecule has 2 nitrogen and oxygen atoms in total. The zero-order valence-electron chi connectivity index (χ0n) is 8.38. The molecule has 1 fully saturated rings. The minimum Gasteiger partial charge on any atom is -0.364 e. The van der Waals surface area contributed by atoms with Gasteiger partial charge in [0.05, 0.1) is 5.52 Å². The van der Waals surface area contributed by atoms with Gasteiger partial charge in [0.1, 0.15) is 5.82 Å². The molecule has 1 radical (unpaired) electrons. The van der Waals surface area contributed by atoms with Crippen molar-refractivity contribution in [3.8, 4) is 0 Å². The third-order valence-corrected chi connectivity index (χ3v) is 3.51. The summed E-state index contributed by atoms with van der Waals surface area (Å²) in [5.74, 6) is 1.10. The molecule has 0 atom stereocenters. The number of benzene rings is 1. The third kappa shape index (κ3) is 1.02. The summed E-state index contributed by atoms with van der Waals surface area (Å²) in [5.41, 5.74) is 2.81. The molecule has 1 saturated carbocycles. The number of nitrogens with zero attached hydrogens (tertiary/aromatic N) is 1. The van der Waals surface area contributed by atoms with Gasteiger partial charge in [0, 0.05) is 10.9 Å². The summed E-state index contributed by atoms with van der Waals surface area (Å²) in [4.78, 5) is 4.65. The summed E-state index contributed by atoms with van der Waals surface area (Å²) in [6.07, 6.45) is 3.75. The Morgan fingerprint density at radius 1 is 1.40 bits per heavy atom. The largest absolute Gasteiger partial charge is 0.364 e. The standard InChI is InChI=1S/C13H11N2/c1-2-4-11-9(3-1)7-10-8-13(5-6-13)15-12(10)14-11/h1,3-4,7H,5-6,8H2,(H,14,15). The molecule has 0 bridgehead atoms. The molecule has 1 N–H and O–H groups in total. The molecular weight excluding hydrogens is 184 g/mol. The van der Waals surface area contributed by atoms with Crippen LogP contribution in [0, 0.1) is 6.07 Å². The first-order valence-corrected chi connectivity index (χ1v) is 5.43. The van der Waals surface area contributed by atoms with Crippen LogP contribution >= 0.6 is 0 Å². The second-order valence-corrected chi connectivity index (χ2v) is 4.70. The number of anilines is 1. The Kier molecular flexibility index (Phi) is 1.19. The molecule has 2 heterocycles. The maximum absolute atomic E-state index is 4.65. The number of hydrogen-bond donors (Lipinski definition) is 1. The fourth-order valence-corrected chi connectivity index (χ4v) is 2.46. The van der Waals surface area contributed by atoms with Crippen LogP contribution in [-0.4, -0.2) is 10.5 Å². The molecule has 1 spiro atoms. The lowest BCUT2D eigenvalue weighted by atomic mass is 10.1. The molecule has 0 saturated heterocycles. The van der Waals surface area contributed by atoms with E-state index in [0.717, 1.165) is 17.8 Å². The van der Waals surface area contributed by atoms with Crippen LogP contribution in [-0.2, 0) is 6.42 Å². The maximum atomic E-state index is 4.65. The van der Waals surface area contributed by atoms with Crippen molar-refractivity contribution in [1.29, 1.82) is 0 Å². The molecule has 0 unspecified atom stereocenters. The average molecular weight is 195 g/mol. The molecule has 2 aliphatic rings. The van der Waals surface area contributed by atoms with Gasteiger partial charge in [-0.15, -0.1) is 0 Å². The number of nitrogens with one attached hydrogen (secondary N) is 1. The van der Waals surface area contributed by atoms with Gasteiger partial charge in [-0.2, -0.15) is 0 Å². The van der Waals surface area contributed by atoms with Gasteiger partial charge in [-0.05, 0) is 43.0 Å². The second-order valence-electron chi connectivity index (χ2n) is 4.70. The third-order valence-electron chi connectivity index (χ3n) is 3.51. The van der Waals surface area contributed by atoms with E-state index in [2.05, 4.69) is 28.5 Å². The van der Waals surface area contributed by atoms with E-state index < -0.39 is 0 Å². The first-order valence-electron chi connectivity index (χ1n) is 5.43. The fraction of sp³-hybridized carbons (Fsp3) is 0.308. The minimum absolute atomic E-state index is 0.385. The lowest BCUT2D eigenvalue weighted by molar-refractivity contribution is 0.771. The minimum atomic E-state index is 0.385. The number of hydrogen-bond acceptors (Lipinski definition) is 2. The number of rotatable bonds is 0. The molecular formula is C13H11N2. The van der Waals surface area contributed by atoms with E-state index in [-0.39, 0.29) is 0 Å². The SMILES string of the molecule is [c]1ccc2cc3c(nc2c1)NC1(CC1)C3. The van der Waals surface area contributed by atoms with Crippen molar-refractivity contribution in [2.45, 2.75) is 24.8 Å². The molecule has 1 aromatic carbocycles. The molecule has 1 aromatic heterocycles. The van der Waals surface area contributed by atoms with Crippen LogP contribution in [0.5, 0.6) is 0 Å². The summed E-state index contributed by atoms with van der Waals surface area (Å²) in [6, 6.07) is 11.3. The monoisotopic (exact) mass is 195 g/mol. The van der Waals surface area contributed by atoms with Gasteiger partial charge in [-0.25, -0.2) is 4.98 Å². The Morgan fingerprint density at radius 2 is 2.33 bits per heavy atom. The summed E-state index contributed by atoms with van der Waals surface area (Å²) in [5, 5.41) is 4.78. The molecule has 73 valence electrons. The van der Waals surface area contributed by atoms with Crippen molar-refractivity contribution >= 4 is 16.7 Å². The number of aromatic nitrogens is 1. The van der Waals surface area contributed by atoms with E-state index in [1.54, 1.807) is 0 Å². The second kappa shape index (κ2) is 2.32. The van der Waals surface area contributed by atoms with E-state index in [0.29, 0.717) is 5.54 Å². The topological polar surface area (TPSA) is 24.9 Å². The van der Waals surface area contributed by atoms with E-state index >= 15 is 0 Å². The van der Waals surface area contributed by atoms with Crippen molar-refractivity contribution in [3.05, 3.63) is 35.9 Å². The van der Waals surface area contributed by atoms with E-state index in [1.807, 2.05) is 12.1 Å². The lowest BCUT2D eigenvalue weighted by Crippen LogP contribution is -2.16. The Labute approximate surface area is 88.3 Å². The van der Waals surface area contributed by atoms with Gasteiger partial charge >= 0.3 is 0 Å². The van der Waals surface area contributed by atoms with Crippen molar-refractivity contribution in [1.82, 2.24) is 4.98 Å². The van der Waals surface area contributed by atoms with Crippen LogP contribution in [0.25, 0.3) is 10.9 Å². The quantitative estimate of drug-likeness (QED) is 0.698. The predicted octanol–water partition coefficient (Wildman–Crippen LogP) is 2.54. The molecule has 4 rings (SSSR count). The van der Waals surface area contributed by atoms with Crippen LogP contribution < -0.4 is 5.32 Å². The first kappa shape index (κ1) is 7.69. The number of pyridine rings is 1. The highest BCUT2D eigenvalue weighted by molar-refractivity contribution is 5.82. The summed E-state index contributed by atoms with van der Waals surface area (Å²) in [7, 11) is 0. The summed E-state index contributed by atoms with van der Waals surface area (Å²) >= 11 is 0. The van der Waals surface area contributed by atoms with E-state index in [9.17, 15) is 0 Å². The van der Waals surface area contributed by atoms with Crippen molar-refractivity contribution < 1.29 is 0 Å². The van der Waals surface area contributed by atoms with Crippen molar-refractivity contribution in [2.24, 2.45) is 0 Å². The zero-order chi connectivity index (χ0) is 9.88. The van der Waals surface area contributed by atoms with Crippen molar-refractivity contribution in [3.63, 3.8) is 0 Å². The summed E-state index contributed by atoms with van der Waals surface area (Å²) in [6.45, 7) is 0. The Bertz CT molecular complexity index is 509. The van der Waals surface area contributed by atoms with Gasteiger partial charge in [0.25, 0.3) is 0 Å². The van der Waals surface area contributed by atoms with Crippen LogP contribution in [0.2, 0.25) is 0 Å². The first-order chi connectivity index (χ1) is 7.35. The van der Waals surface area contributed by atoms with E-state index in [4.69, 9.17) is 0 Å². The Balaban J connectivity index is 1.96. The van der Waals surface area contributed by atoms with Gasteiger partial charge in [0.2, 0.25) is 0 Å². The molecule has 1 aliphatic heterocycles. The van der Waals surface area contributed by atoms with Gasteiger partial charge in [-0.3, -0.25) is 0 Å². The van der Waals surface area contributed by atoms with Gasteiger partial charge < -0.3 is 5.32 Å². The van der Waals surface area contributed by atoms with Crippen LogP contribution in [0.3, 0.4) is 0 Å². The highest BCUT2D eigenvalue weighted by Crippen LogP contribution is 2.47. The highest BCUT2D eigenvalue weighted by Gasteiger charge is 2.47. The highest BCUT2D eigenvalue weighted by atomic mass is 15.1. The van der Waals surface area contributed by atoms with E-state index in [1.165, 1.54) is 23.8 Å². The molecule has 15 heavy (non-hydrogen) atoms. The number of fused-ring (bicyclic) bond motifs is 2. The maximum Gasteiger partial charge on any atom is 0.130 e. The van der Waals surface area contributed by atoms with Crippen molar-refractivity contribution in [2.75, 3.05) is 5.32 Å². The molecule has 0 amide bonds. The zero-order valence-corrected chi connectivity index (χ0v) is 8.38. The smallest absolute Gasteiger partial charge is 0.130 e. The van der Waals surface area contributed by atoms with Crippen LogP contribution in [0.15, 0.2) is 24.3 Å². The molecule has 2 aromatic rings. The molecule has 1 aliphatic carbocycles. The Morgan fingerprint density at radius 3 is 3.20 bits per heavy atom. The van der Waals surface area contributed by atoms with Crippen LogP contribution in [0.4, 0.5) is 5.82 Å². The molecule has 2 heteroatoms. The normalized spacial score (nSPS) is 20.3. The fourth-order valence-electron chi connectivity index (χ4n) is 2.46. The summed E-state index contributed by atoms with van der Waals surface area (Å²) < 4.78 is 0. The average Bonchev–Trinajstić information content (AvgIpc) is 2.89.